The molecule has 0 aromatic heterocycles. The van der Waals surface area contributed by atoms with Crippen molar-refractivity contribution >= 4 is 57.2 Å². The molecule has 0 spiro atoms. The van der Waals surface area contributed by atoms with Crippen LogP contribution in [-0.4, -0.2) is 6.71 Å². The van der Waals surface area contributed by atoms with E-state index in [4.69, 9.17) is 0 Å². The van der Waals surface area contributed by atoms with Gasteiger partial charge in [0.25, 0.3) is 0 Å². The molecule has 0 saturated carbocycles. The van der Waals surface area contributed by atoms with Gasteiger partial charge in [-0.25, -0.2) is 0 Å². The first-order valence-corrected chi connectivity index (χ1v) is 25.2. The van der Waals surface area contributed by atoms with E-state index in [0.29, 0.717) is 0 Å². The molecule has 350 valence electrons. The Kier molecular flexibility index (Phi) is 13.0. The third-order valence-electron chi connectivity index (χ3n) is 15.5. The van der Waals surface area contributed by atoms with Crippen molar-refractivity contribution in [1.82, 2.24) is 0 Å². The molecule has 70 heavy (non-hydrogen) atoms. The Bertz CT molecular complexity index is 3200. The number of aryl methyl sites for hydroxylation is 4. The molecular weight excluding hydrogens is 844 g/mol. The maximum Gasteiger partial charge on any atom is 0.247 e. The molecule has 0 saturated heterocycles. The lowest BCUT2D eigenvalue weighted by molar-refractivity contribution is 0.638. The highest BCUT2D eigenvalue weighted by Crippen LogP contribution is 2.45. The van der Waals surface area contributed by atoms with Crippen LogP contribution in [0, 0.1) is 27.7 Å². The fraction of sp³-hybridized carbons (Fsp3) is 0.224. The molecule has 3 heteroatoms. The van der Waals surface area contributed by atoms with Gasteiger partial charge >= 0.3 is 0 Å². The Morgan fingerprint density at radius 2 is 0.986 bits per heavy atom. The zero-order valence-electron chi connectivity index (χ0n) is 43.5. The molecule has 9 rings (SSSR count). The van der Waals surface area contributed by atoms with Crippen molar-refractivity contribution in [2.24, 2.45) is 0 Å². The summed E-state index contributed by atoms with van der Waals surface area (Å²) in [7, 11) is 0. The number of hydrogen-bond donors (Lipinski definition) is 0. The Morgan fingerprint density at radius 3 is 1.54 bits per heavy atom. The number of anilines is 6. The Balaban J connectivity index is 1.35. The predicted octanol–water partition coefficient (Wildman–Crippen LogP) is 16.1. The predicted molar refractivity (Wildman–Crippen MR) is 305 cm³/mol. The van der Waals surface area contributed by atoms with Crippen LogP contribution < -0.4 is 26.2 Å². The van der Waals surface area contributed by atoms with Crippen molar-refractivity contribution in [3.63, 3.8) is 0 Å². The third-order valence-corrected chi connectivity index (χ3v) is 15.5. The van der Waals surface area contributed by atoms with Crippen molar-refractivity contribution in [2.45, 2.75) is 99.3 Å². The highest BCUT2D eigenvalue weighted by Gasteiger charge is 2.40. The van der Waals surface area contributed by atoms with Crippen LogP contribution in [0.25, 0.3) is 0 Å². The lowest BCUT2D eigenvalue weighted by Gasteiger charge is -2.41. The SMILES string of the molecule is C/C=C\C(=C/C)C(C)(C)c1ccc(C)c(B2c3cc(C(C)(C)c4ccccc4)ccc3N(c3ccc(C(C)(C)c4ccccc4)cc3)c3cc(N(c4cccc(C)c4)c4cccc(C)c4)cc(C)c32)c1. The summed E-state index contributed by atoms with van der Waals surface area (Å²) in [5.74, 6) is 0. The molecule has 1 heterocycles. The van der Waals surface area contributed by atoms with E-state index >= 15 is 0 Å². The molecule has 2 nitrogen and oxygen atoms in total. The summed E-state index contributed by atoms with van der Waals surface area (Å²) in [6, 6.07) is 68.6. The largest absolute Gasteiger partial charge is 0.311 e. The quantitative estimate of drug-likeness (QED) is 0.0890. The highest BCUT2D eigenvalue weighted by molar-refractivity contribution is 6.98. The molecule has 8 aromatic rings. The van der Waals surface area contributed by atoms with Gasteiger partial charge in [0.1, 0.15) is 0 Å². The zero-order chi connectivity index (χ0) is 49.5. The molecule has 1 aliphatic heterocycles. The molecular formula is C67H69BN2. The molecule has 0 aliphatic carbocycles. The maximum absolute atomic E-state index is 2.56. The van der Waals surface area contributed by atoms with E-state index in [2.05, 4.69) is 293 Å². The Hall–Kier alpha value is -7.10. The van der Waals surface area contributed by atoms with Crippen molar-refractivity contribution in [2.75, 3.05) is 9.80 Å². The van der Waals surface area contributed by atoms with E-state index in [9.17, 15) is 0 Å². The van der Waals surface area contributed by atoms with Crippen LogP contribution in [-0.2, 0) is 16.2 Å². The van der Waals surface area contributed by atoms with Crippen LogP contribution in [0.3, 0.4) is 0 Å². The number of hydrogen-bond acceptors (Lipinski definition) is 2. The average molecular weight is 913 g/mol. The van der Waals surface area contributed by atoms with Crippen molar-refractivity contribution in [3.8, 4) is 0 Å². The molecule has 0 radical (unpaired) electrons. The zero-order valence-corrected chi connectivity index (χ0v) is 43.5. The first-order chi connectivity index (χ1) is 33.5. The van der Waals surface area contributed by atoms with Gasteiger partial charge in [0.15, 0.2) is 0 Å². The number of fused-ring (bicyclic) bond motifs is 2. The topological polar surface area (TPSA) is 6.48 Å². The molecule has 1 aliphatic rings. The summed E-state index contributed by atoms with van der Waals surface area (Å²) in [4.78, 5) is 5.01. The summed E-state index contributed by atoms with van der Waals surface area (Å²) in [6.45, 7) is 27.4. The van der Waals surface area contributed by atoms with Crippen molar-refractivity contribution < 1.29 is 0 Å². The normalized spacial score (nSPS) is 13.1. The van der Waals surface area contributed by atoms with E-state index in [1.165, 1.54) is 83.4 Å². The standard InChI is InChI=1S/C67H69BN2/c1-13-23-50(14-2)65(7,8)54-33-32-48(5)60(43-54)68-61-44-55(67(11,12)52-28-19-16-20-29-52)36-39-62(61)70(56-37-34-53(35-38-56)66(9,10)51-26-17-15-18-27-51)63-45-59(42-49(6)64(63)68)69(57-30-21-24-46(3)40-57)58-31-22-25-47(4)41-58/h13-45H,1-12H3/b23-13-,50-14+. The molecule has 8 aromatic carbocycles. The van der Waals surface area contributed by atoms with Gasteiger partial charge in [-0.2, -0.15) is 0 Å². The Labute approximate surface area is 420 Å². The molecule has 0 N–H and O–H groups in total. The van der Waals surface area contributed by atoms with E-state index < -0.39 is 0 Å². The molecule has 0 amide bonds. The van der Waals surface area contributed by atoms with Crippen molar-refractivity contribution in [3.05, 3.63) is 256 Å². The van der Waals surface area contributed by atoms with Gasteiger partial charge in [-0.1, -0.05) is 204 Å². The number of benzene rings is 8. The number of rotatable bonds is 12. The van der Waals surface area contributed by atoms with Crippen LogP contribution in [0.5, 0.6) is 0 Å². The Morgan fingerprint density at radius 1 is 0.457 bits per heavy atom. The van der Waals surface area contributed by atoms with Crippen LogP contribution in [0.4, 0.5) is 34.1 Å². The molecule has 0 fully saturated rings. The summed E-state index contributed by atoms with van der Waals surface area (Å²) < 4.78 is 0. The third kappa shape index (κ3) is 8.77. The lowest BCUT2D eigenvalue weighted by Crippen LogP contribution is -2.59. The van der Waals surface area contributed by atoms with Gasteiger partial charge in [0.05, 0.1) is 0 Å². The van der Waals surface area contributed by atoms with Gasteiger partial charge in [0.2, 0.25) is 6.71 Å². The maximum atomic E-state index is 2.56. The first-order valence-electron chi connectivity index (χ1n) is 25.2. The molecule has 0 bridgehead atoms. The molecule has 0 atom stereocenters. The van der Waals surface area contributed by atoms with Crippen LogP contribution in [0.15, 0.2) is 206 Å². The summed E-state index contributed by atoms with van der Waals surface area (Å²) in [5, 5.41) is 0. The van der Waals surface area contributed by atoms with Crippen LogP contribution >= 0.6 is 0 Å². The first kappa shape index (κ1) is 47.9. The minimum Gasteiger partial charge on any atom is -0.311 e. The van der Waals surface area contributed by atoms with E-state index in [0.717, 1.165) is 22.7 Å². The number of allylic oxidation sites excluding steroid dienone is 4. The summed E-state index contributed by atoms with van der Waals surface area (Å²) in [6.07, 6.45) is 6.71. The van der Waals surface area contributed by atoms with Crippen LogP contribution in [0.1, 0.15) is 105 Å². The smallest absolute Gasteiger partial charge is 0.247 e. The summed E-state index contributed by atoms with van der Waals surface area (Å²) in [5.41, 5.74) is 23.0. The van der Waals surface area contributed by atoms with Crippen molar-refractivity contribution in [1.29, 1.82) is 0 Å². The second-order valence-corrected chi connectivity index (χ2v) is 21.2. The van der Waals surface area contributed by atoms with Gasteiger partial charge in [-0.3, -0.25) is 0 Å². The minimum atomic E-state index is -0.246. The average Bonchev–Trinajstić information content (AvgIpc) is 3.35. The van der Waals surface area contributed by atoms with Gasteiger partial charge in [-0.05, 0) is 152 Å². The van der Waals surface area contributed by atoms with Gasteiger partial charge < -0.3 is 9.80 Å². The minimum absolute atomic E-state index is 0.0592. The lowest BCUT2D eigenvalue weighted by atomic mass is 9.33. The van der Waals surface area contributed by atoms with E-state index in [-0.39, 0.29) is 23.0 Å². The summed E-state index contributed by atoms with van der Waals surface area (Å²) >= 11 is 0. The fourth-order valence-corrected chi connectivity index (χ4v) is 11.1. The highest BCUT2D eigenvalue weighted by atomic mass is 15.2. The second kappa shape index (κ2) is 19.0. The van der Waals surface area contributed by atoms with Gasteiger partial charge in [-0.15, -0.1) is 0 Å². The monoisotopic (exact) mass is 913 g/mol. The second-order valence-electron chi connectivity index (χ2n) is 21.2. The fourth-order valence-electron chi connectivity index (χ4n) is 11.1. The van der Waals surface area contributed by atoms with Gasteiger partial charge in [0, 0.05) is 50.4 Å². The number of nitrogens with zero attached hydrogens (tertiary/aromatic N) is 2. The molecule has 0 unspecified atom stereocenters. The van der Waals surface area contributed by atoms with Crippen LogP contribution in [0.2, 0.25) is 0 Å². The van der Waals surface area contributed by atoms with E-state index in [1.54, 1.807) is 0 Å². The van der Waals surface area contributed by atoms with E-state index in [1.807, 2.05) is 0 Å².